The molecule has 0 atom stereocenters. The number of benzene rings is 1. The van der Waals surface area contributed by atoms with Crippen molar-refractivity contribution in [3.05, 3.63) is 29.3 Å². The van der Waals surface area contributed by atoms with Crippen molar-refractivity contribution in [3.63, 3.8) is 0 Å². The molecule has 0 aromatic heterocycles. The highest BCUT2D eigenvalue weighted by Gasteiger charge is 2.03. The maximum absolute atomic E-state index is 8.64. The minimum atomic E-state index is -0.357. The predicted octanol–water partition coefficient (Wildman–Crippen LogP) is 1.38. The van der Waals surface area contributed by atoms with Crippen LogP contribution >= 0.6 is 11.6 Å². The highest BCUT2D eigenvalue weighted by molar-refractivity contribution is 6.46. The molecule has 1 rings (SSSR count). The lowest BCUT2D eigenvalue weighted by Crippen LogP contribution is -2.23. The third-order valence-electron chi connectivity index (χ3n) is 1.60. The topological polar surface area (TPSA) is 107 Å². The van der Waals surface area contributed by atoms with Crippen molar-refractivity contribution in [2.24, 2.45) is 16.0 Å². The van der Waals surface area contributed by atoms with Crippen molar-refractivity contribution in [2.75, 3.05) is 5.43 Å². The van der Waals surface area contributed by atoms with Gasteiger partial charge < -0.3 is 10.9 Å². The molecule has 6 nitrogen and oxygen atoms in total. The van der Waals surface area contributed by atoms with Crippen molar-refractivity contribution in [1.82, 2.24) is 0 Å². The summed E-state index contributed by atoms with van der Waals surface area (Å²) in [6.07, 6.45) is 0. The molecule has 16 heavy (non-hydrogen) atoms. The molecule has 1 aromatic rings. The third kappa shape index (κ3) is 3.15. The van der Waals surface area contributed by atoms with E-state index in [0.29, 0.717) is 10.7 Å². The molecule has 1 aromatic carbocycles. The summed E-state index contributed by atoms with van der Waals surface area (Å²) >= 11 is 5.69. The van der Waals surface area contributed by atoms with E-state index in [1.54, 1.807) is 30.3 Å². The van der Waals surface area contributed by atoms with Crippen molar-refractivity contribution in [2.45, 2.75) is 0 Å². The summed E-state index contributed by atoms with van der Waals surface area (Å²) in [4.78, 5) is 0. The fourth-order valence-electron chi connectivity index (χ4n) is 0.832. The first-order valence-corrected chi connectivity index (χ1v) is 4.52. The maximum Gasteiger partial charge on any atom is 0.206 e. The number of hydrogen-bond donors (Lipinski definition) is 3. The van der Waals surface area contributed by atoms with Gasteiger partial charge in [0.25, 0.3) is 0 Å². The number of amidine groups is 1. The van der Waals surface area contributed by atoms with E-state index in [1.165, 1.54) is 0 Å². The van der Waals surface area contributed by atoms with Gasteiger partial charge in [-0.25, -0.2) is 0 Å². The Balaban J connectivity index is 2.79. The molecule has 0 saturated heterocycles. The normalized spacial score (nSPS) is 12.0. The lowest BCUT2D eigenvalue weighted by molar-refractivity contribution is 0.319. The van der Waals surface area contributed by atoms with Gasteiger partial charge in [0.05, 0.1) is 5.69 Å². The van der Waals surface area contributed by atoms with E-state index in [1.807, 2.05) is 0 Å². The average Bonchev–Trinajstić information content (AvgIpc) is 2.31. The second-order valence-electron chi connectivity index (χ2n) is 2.68. The first-order valence-electron chi connectivity index (χ1n) is 4.14. The molecule has 82 valence electrons. The molecule has 0 heterocycles. The summed E-state index contributed by atoms with van der Waals surface area (Å²) in [7, 11) is 0. The van der Waals surface area contributed by atoms with Gasteiger partial charge in [-0.15, -0.1) is 0 Å². The molecular formula is C9H8ClN5O. The Bertz CT molecular complexity index is 460. The Labute approximate surface area is 96.6 Å². The molecule has 7 heteroatoms. The van der Waals surface area contributed by atoms with Crippen LogP contribution in [-0.2, 0) is 0 Å². The van der Waals surface area contributed by atoms with Crippen LogP contribution in [0.3, 0.4) is 0 Å². The zero-order valence-electron chi connectivity index (χ0n) is 8.05. The zero-order valence-corrected chi connectivity index (χ0v) is 8.81. The van der Waals surface area contributed by atoms with Crippen LogP contribution in [0.15, 0.2) is 34.5 Å². The van der Waals surface area contributed by atoms with Gasteiger partial charge in [0.15, 0.2) is 0 Å². The molecule has 0 saturated carbocycles. The van der Waals surface area contributed by atoms with Crippen molar-refractivity contribution < 1.29 is 5.21 Å². The Morgan fingerprint density at radius 2 is 2.06 bits per heavy atom. The van der Waals surface area contributed by atoms with Crippen LogP contribution < -0.4 is 11.2 Å². The van der Waals surface area contributed by atoms with Crippen LogP contribution in [0.2, 0.25) is 5.02 Å². The number of rotatable bonds is 3. The van der Waals surface area contributed by atoms with Crippen molar-refractivity contribution in [1.29, 1.82) is 5.26 Å². The molecule has 0 aliphatic rings. The summed E-state index contributed by atoms with van der Waals surface area (Å²) in [6, 6.07) is 8.35. The third-order valence-corrected chi connectivity index (χ3v) is 1.85. The van der Waals surface area contributed by atoms with Gasteiger partial charge in [0.1, 0.15) is 6.07 Å². The summed E-state index contributed by atoms with van der Waals surface area (Å²) in [5, 5.41) is 23.9. The van der Waals surface area contributed by atoms with Gasteiger partial charge in [-0.1, -0.05) is 16.8 Å². The smallest absolute Gasteiger partial charge is 0.206 e. The lowest BCUT2D eigenvalue weighted by atomic mass is 10.3. The highest BCUT2D eigenvalue weighted by atomic mass is 35.5. The lowest BCUT2D eigenvalue weighted by Gasteiger charge is -2.00. The van der Waals surface area contributed by atoms with Crippen LogP contribution in [0.25, 0.3) is 0 Å². The van der Waals surface area contributed by atoms with Gasteiger partial charge in [-0.2, -0.15) is 10.4 Å². The Kier molecular flexibility index (Phi) is 4.12. The predicted molar refractivity (Wildman–Crippen MR) is 61.5 cm³/mol. The molecule has 0 fully saturated rings. The van der Waals surface area contributed by atoms with E-state index in [0.717, 1.165) is 0 Å². The fraction of sp³-hybridized carbons (Fsp3) is 0. The summed E-state index contributed by atoms with van der Waals surface area (Å²) < 4.78 is 0. The van der Waals surface area contributed by atoms with Gasteiger partial charge >= 0.3 is 0 Å². The number of halogens is 1. The fourth-order valence-corrected chi connectivity index (χ4v) is 0.958. The maximum atomic E-state index is 8.64. The van der Waals surface area contributed by atoms with E-state index >= 15 is 0 Å². The Morgan fingerprint density at radius 1 is 1.44 bits per heavy atom. The molecule has 0 amide bonds. The van der Waals surface area contributed by atoms with E-state index in [-0.39, 0.29) is 11.5 Å². The second kappa shape index (κ2) is 5.58. The first-order chi connectivity index (χ1) is 7.67. The van der Waals surface area contributed by atoms with Gasteiger partial charge in [-0.05, 0) is 24.3 Å². The van der Waals surface area contributed by atoms with E-state index in [4.69, 9.17) is 27.8 Å². The van der Waals surface area contributed by atoms with Gasteiger partial charge in [-0.3, -0.25) is 5.43 Å². The second-order valence-corrected chi connectivity index (χ2v) is 3.11. The number of oxime groups is 1. The molecular weight excluding hydrogens is 230 g/mol. The van der Waals surface area contributed by atoms with Crippen molar-refractivity contribution in [3.8, 4) is 6.07 Å². The molecule has 4 N–H and O–H groups in total. The molecule has 0 aliphatic carbocycles. The molecule has 0 bridgehead atoms. The SMILES string of the molecule is N#CC(=N\Nc1ccc(Cl)cc1)/C(N)=N/O. The van der Waals surface area contributed by atoms with E-state index in [9.17, 15) is 0 Å². The number of nitriles is 1. The number of hydrazone groups is 1. The summed E-state index contributed by atoms with van der Waals surface area (Å²) in [5.74, 6) is -0.357. The molecule has 0 unspecified atom stereocenters. The van der Waals surface area contributed by atoms with Gasteiger partial charge in [0.2, 0.25) is 11.5 Å². The van der Waals surface area contributed by atoms with Gasteiger partial charge in [0, 0.05) is 5.02 Å². The quantitative estimate of drug-likeness (QED) is 0.319. The Morgan fingerprint density at radius 3 is 2.56 bits per heavy atom. The number of nitrogens with one attached hydrogen (secondary N) is 1. The standard InChI is InChI=1S/C9H8ClN5O/c10-6-1-3-7(4-2-6)13-14-8(5-11)9(12)15-16/h1-4,13,16H,(H2,12,15)/b14-8+. The first kappa shape index (κ1) is 11.8. The number of anilines is 1. The van der Waals surface area contributed by atoms with Crippen LogP contribution in [0.5, 0.6) is 0 Å². The van der Waals surface area contributed by atoms with Crippen LogP contribution in [0.1, 0.15) is 0 Å². The van der Waals surface area contributed by atoms with E-state index < -0.39 is 0 Å². The molecule has 0 aliphatic heterocycles. The number of hydrogen-bond acceptors (Lipinski definition) is 5. The van der Waals surface area contributed by atoms with Crippen LogP contribution in [0.4, 0.5) is 5.69 Å². The highest BCUT2D eigenvalue weighted by Crippen LogP contribution is 2.13. The monoisotopic (exact) mass is 237 g/mol. The molecule has 0 radical (unpaired) electrons. The van der Waals surface area contributed by atoms with Crippen molar-refractivity contribution >= 4 is 28.8 Å². The van der Waals surface area contributed by atoms with E-state index in [2.05, 4.69) is 15.7 Å². The van der Waals surface area contributed by atoms with Crippen LogP contribution in [0, 0.1) is 11.3 Å². The summed E-state index contributed by atoms with van der Waals surface area (Å²) in [6.45, 7) is 0. The summed E-state index contributed by atoms with van der Waals surface area (Å²) in [5.41, 5.74) is 8.19. The number of nitrogens with two attached hydrogens (primary N) is 1. The minimum absolute atomic E-state index is 0.211. The van der Waals surface area contributed by atoms with Crippen LogP contribution in [-0.4, -0.2) is 16.8 Å². The average molecular weight is 238 g/mol. The largest absolute Gasteiger partial charge is 0.409 e. The Hall–Kier alpha value is -2.26. The minimum Gasteiger partial charge on any atom is -0.409 e. The molecule has 0 spiro atoms. The zero-order chi connectivity index (χ0) is 12.0. The number of nitrogens with zero attached hydrogens (tertiary/aromatic N) is 3.